The first-order valence-corrected chi connectivity index (χ1v) is 11.8. The Balaban J connectivity index is 1.48. The van der Waals surface area contributed by atoms with Crippen LogP contribution in [0, 0.1) is 0 Å². The zero-order valence-electron chi connectivity index (χ0n) is 17.8. The summed E-state index contributed by atoms with van der Waals surface area (Å²) in [5, 5.41) is 0. The van der Waals surface area contributed by atoms with Gasteiger partial charge in [-0.05, 0) is 54.8 Å². The van der Waals surface area contributed by atoms with Gasteiger partial charge in [-0.2, -0.15) is 0 Å². The summed E-state index contributed by atoms with van der Waals surface area (Å²) in [6, 6.07) is 16.4. The van der Waals surface area contributed by atoms with Crippen molar-refractivity contribution in [2.75, 3.05) is 24.8 Å². The Labute approximate surface area is 191 Å². The summed E-state index contributed by atoms with van der Waals surface area (Å²) in [4.78, 5) is 12.7. The highest BCUT2D eigenvalue weighted by Crippen LogP contribution is 2.37. The van der Waals surface area contributed by atoms with Crippen LogP contribution in [0.1, 0.15) is 22.3 Å². The molecule has 3 aromatic carbocycles. The minimum Gasteiger partial charge on any atom is -0.495 e. The average Bonchev–Trinajstić information content (AvgIpc) is 3.31. The van der Waals surface area contributed by atoms with Gasteiger partial charge in [0.1, 0.15) is 16.4 Å². The third kappa shape index (κ3) is 3.84. The van der Waals surface area contributed by atoms with Gasteiger partial charge in [-0.3, -0.25) is 4.31 Å². The van der Waals surface area contributed by atoms with E-state index < -0.39 is 16.0 Å². The number of methoxy groups -OCH3 is 1. The number of fused-ring (bicyclic) bond motifs is 2. The zero-order chi connectivity index (χ0) is 23.0. The smallest absolute Gasteiger partial charge is 0.343 e. The molecule has 3 aromatic rings. The van der Waals surface area contributed by atoms with Crippen LogP contribution in [0.15, 0.2) is 65.6 Å². The number of sulfonamides is 1. The van der Waals surface area contributed by atoms with Crippen molar-refractivity contribution in [2.24, 2.45) is 0 Å². The Hall–Kier alpha value is -3.72. The zero-order valence-corrected chi connectivity index (χ0v) is 18.6. The number of esters is 1. The second-order valence-corrected chi connectivity index (χ2v) is 9.41. The standard InChI is InChI=1S/C24H21NO7S/c1-29-21-10-8-17(24(26)32-18-9-11-20-22(14-18)31-15-30-20)13-23(21)33(27,28)25-12-4-6-16-5-2-3-7-19(16)25/h2-3,5,7-11,13-14H,4,6,12,15H2,1H3. The molecule has 0 aliphatic carbocycles. The first-order valence-electron chi connectivity index (χ1n) is 10.4. The van der Waals surface area contributed by atoms with E-state index in [0.717, 1.165) is 12.0 Å². The van der Waals surface area contributed by atoms with Gasteiger partial charge in [0.15, 0.2) is 11.5 Å². The first-order chi connectivity index (χ1) is 16.0. The molecule has 0 spiro atoms. The lowest BCUT2D eigenvalue weighted by atomic mass is 10.0. The summed E-state index contributed by atoms with van der Waals surface area (Å²) in [6.45, 7) is 0.445. The molecule has 2 heterocycles. The Morgan fingerprint density at radius 1 is 1.00 bits per heavy atom. The van der Waals surface area contributed by atoms with Crippen molar-refractivity contribution in [3.63, 3.8) is 0 Å². The molecule has 0 unspecified atom stereocenters. The lowest BCUT2D eigenvalue weighted by molar-refractivity contribution is 0.0734. The molecule has 0 radical (unpaired) electrons. The van der Waals surface area contributed by atoms with Crippen molar-refractivity contribution in [3.05, 3.63) is 71.8 Å². The van der Waals surface area contributed by atoms with Crippen LogP contribution in [-0.2, 0) is 16.4 Å². The molecule has 2 aliphatic heterocycles. The van der Waals surface area contributed by atoms with E-state index in [0.29, 0.717) is 30.2 Å². The molecule has 8 nitrogen and oxygen atoms in total. The number of carbonyl (C=O) groups is 1. The predicted molar refractivity (Wildman–Crippen MR) is 120 cm³/mol. The minimum absolute atomic E-state index is 0.0809. The number of ether oxygens (including phenoxy) is 4. The van der Waals surface area contributed by atoms with E-state index >= 15 is 0 Å². The summed E-state index contributed by atoms with van der Waals surface area (Å²) in [5.41, 5.74) is 1.68. The Bertz CT molecular complexity index is 1340. The quantitative estimate of drug-likeness (QED) is 0.417. The molecule has 2 aliphatic rings. The molecular weight excluding hydrogens is 446 g/mol. The van der Waals surface area contributed by atoms with Crippen molar-refractivity contribution < 1.29 is 32.2 Å². The SMILES string of the molecule is COc1ccc(C(=O)Oc2ccc3c(c2)OCO3)cc1S(=O)(=O)N1CCCc2ccccc21. The third-order valence-corrected chi connectivity index (χ3v) is 7.42. The van der Waals surface area contributed by atoms with Crippen LogP contribution in [0.3, 0.4) is 0 Å². The van der Waals surface area contributed by atoms with E-state index in [4.69, 9.17) is 18.9 Å². The second kappa shape index (κ2) is 8.32. The highest BCUT2D eigenvalue weighted by Gasteiger charge is 2.32. The number of rotatable bonds is 5. The van der Waals surface area contributed by atoms with E-state index in [1.165, 1.54) is 29.6 Å². The fourth-order valence-electron chi connectivity index (χ4n) is 3.98. The number of aryl methyl sites for hydroxylation is 1. The first kappa shape index (κ1) is 21.1. The number of anilines is 1. The fourth-order valence-corrected chi connectivity index (χ4v) is 5.70. The van der Waals surface area contributed by atoms with Crippen LogP contribution in [0.2, 0.25) is 0 Å². The van der Waals surface area contributed by atoms with E-state index in [-0.39, 0.29) is 28.8 Å². The predicted octanol–water partition coefficient (Wildman–Crippen LogP) is 3.78. The van der Waals surface area contributed by atoms with Gasteiger partial charge < -0.3 is 18.9 Å². The number of carbonyl (C=O) groups excluding carboxylic acids is 1. The van der Waals surface area contributed by atoms with Crippen LogP contribution in [0.4, 0.5) is 5.69 Å². The largest absolute Gasteiger partial charge is 0.495 e. The average molecular weight is 467 g/mol. The molecule has 0 saturated carbocycles. The highest BCUT2D eigenvalue weighted by molar-refractivity contribution is 7.93. The van der Waals surface area contributed by atoms with Gasteiger partial charge >= 0.3 is 5.97 Å². The summed E-state index contributed by atoms with van der Waals surface area (Å²) in [7, 11) is -2.60. The van der Waals surface area contributed by atoms with E-state index in [1.807, 2.05) is 18.2 Å². The molecule has 0 bridgehead atoms. The minimum atomic E-state index is -3.99. The molecule has 0 atom stereocenters. The number of hydrogen-bond donors (Lipinski definition) is 0. The molecule has 33 heavy (non-hydrogen) atoms. The van der Waals surface area contributed by atoms with Gasteiger partial charge in [0.05, 0.1) is 18.4 Å². The third-order valence-electron chi connectivity index (χ3n) is 5.59. The van der Waals surface area contributed by atoms with Crippen LogP contribution in [0.25, 0.3) is 0 Å². The van der Waals surface area contributed by atoms with Crippen LogP contribution < -0.4 is 23.3 Å². The fraction of sp³-hybridized carbons (Fsp3) is 0.208. The molecule has 5 rings (SSSR count). The maximum Gasteiger partial charge on any atom is 0.343 e. The Kier molecular flexibility index (Phi) is 5.33. The van der Waals surface area contributed by atoms with Crippen LogP contribution in [-0.4, -0.2) is 34.8 Å². The molecule has 0 N–H and O–H groups in total. The van der Waals surface area contributed by atoms with Gasteiger partial charge in [0.25, 0.3) is 10.0 Å². The Morgan fingerprint density at radius 3 is 2.67 bits per heavy atom. The van der Waals surface area contributed by atoms with Gasteiger partial charge in [0, 0.05) is 12.6 Å². The van der Waals surface area contributed by atoms with E-state index in [2.05, 4.69) is 0 Å². The van der Waals surface area contributed by atoms with Gasteiger partial charge in [-0.15, -0.1) is 0 Å². The molecule has 0 aromatic heterocycles. The molecule has 0 fully saturated rings. The van der Waals surface area contributed by atoms with E-state index in [9.17, 15) is 13.2 Å². The lowest BCUT2D eigenvalue weighted by Gasteiger charge is -2.30. The summed E-state index contributed by atoms with van der Waals surface area (Å²) < 4.78 is 50.0. The molecule has 0 amide bonds. The normalized spacial score (nSPS) is 14.5. The second-order valence-electron chi connectivity index (χ2n) is 7.58. The molecular formula is C24H21NO7S. The van der Waals surface area contributed by atoms with Crippen molar-refractivity contribution in [1.82, 2.24) is 0 Å². The van der Waals surface area contributed by atoms with Gasteiger partial charge in [-0.1, -0.05) is 18.2 Å². The number of para-hydroxylation sites is 1. The Morgan fingerprint density at radius 2 is 1.82 bits per heavy atom. The molecule has 0 saturated heterocycles. The summed E-state index contributed by atoms with van der Waals surface area (Å²) >= 11 is 0. The van der Waals surface area contributed by atoms with Gasteiger partial charge in [-0.25, -0.2) is 13.2 Å². The number of nitrogens with zero attached hydrogens (tertiary/aromatic N) is 1. The maximum atomic E-state index is 13.7. The van der Waals surface area contributed by atoms with Crippen LogP contribution >= 0.6 is 0 Å². The topological polar surface area (TPSA) is 91.4 Å². The van der Waals surface area contributed by atoms with Crippen molar-refractivity contribution in [1.29, 1.82) is 0 Å². The maximum absolute atomic E-state index is 13.7. The highest BCUT2D eigenvalue weighted by atomic mass is 32.2. The van der Waals surface area contributed by atoms with Crippen molar-refractivity contribution >= 4 is 21.7 Å². The monoisotopic (exact) mass is 467 g/mol. The number of hydrogen-bond acceptors (Lipinski definition) is 7. The lowest BCUT2D eigenvalue weighted by Crippen LogP contribution is -2.35. The van der Waals surface area contributed by atoms with Crippen molar-refractivity contribution in [3.8, 4) is 23.0 Å². The molecule has 9 heteroatoms. The summed E-state index contributed by atoms with van der Waals surface area (Å²) in [5.74, 6) is 0.746. The van der Waals surface area contributed by atoms with Crippen molar-refractivity contribution in [2.45, 2.75) is 17.7 Å². The van der Waals surface area contributed by atoms with Gasteiger partial charge in [0.2, 0.25) is 6.79 Å². The van der Waals surface area contributed by atoms with Crippen LogP contribution in [0.5, 0.6) is 23.0 Å². The molecule has 170 valence electrons. The summed E-state index contributed by atoms with van der Waals surface area (Å²) in [6.07, 6.45) is 1.51. The van der Waals surface area contributed by atoms with E-state index in [1.54, 1.807) is 24.3 Å². The number of benzene rings is 3.